The van der Waals surface area contributed by atoms with E-state index in [1.165, 1.54) is 0 Å². The summed E-state index contributed by atoms with van der Waals surface area (Å²) in [6, 6.07) is -0.129. The van der Waals surface area contributed by atoms with Gasteiger partial charge in [0.25, 0.3) is 0 Å². The van der Waals surface area contributed by atoms with Gasteiger partial charge >= 0.3 is 0 Å². The van der Waals surface area contributed by atoms with Gasteiger partial charge in [0.15, 0.2) is 9.84 Å². The van der Waals surface area contributed by atoms with Gasteiger partial charge in [0.1, 0.15) is 0 Å². The number of amides is 1. The number of hydrogen-bond acceptors (Lipinski definition) is 4. The van der Waals surface area contributed by atoms with Crippen molar-refractivity contribution in [2.45, 2.75) is 32.7 Å². The zero-order valence-electron chi connectivity index (χ0n) is 11.1. The Balaban J connectivity index is 2.18. The van der Waals surface area contributed by atoms with E-state index in [-0.39, 0.29) is 23.5 Å². The molecule has 0 aromatic heterocycles. The minimum atomic E-state index is -2.97. The van der Waals surface area contributed by atoms with E-state index in [9.17, 15) is 13.2 Å². The summed E-state index contributed by atoms with van der Waals surface area (Å²) in [5, 5.41) is 3.25. The fraction of sp³-hybridized carbons (Fsp3) is 0.917. The van der Waals surface area contributed by atoms with Crippen LogP contribution in [0.1, 0.15) is 26.7 Å². The molecular formula is C12H22N2O3S. The van der Waals surface area contributed by atoms with Gasteiger partial charge < -0.3 is 10.2 Å². The highest BCUT2D eigenvalue weighted by Crippen LogP contribution is 2.25. The molecule has 2 heterocycles. The second kappa shape index (κ2) is 4.81. The van der Waals surface area contributed by atoms with Crippen molar-refractivity contribution in [1.29, 1.82) is 0 Å². The average molecular weight is 274 g/mol. The molecule has 2 aliphatic heterocycles. The van der Waals surface area contributed by atoms with Gasteiger partial charge in [-0.05, 0) is 26.7 Å². The smallest absolute Gasteiger partial charge is 0.229 e. The van der Waals surface area contributed by atoms with Crippen LogP contribution in [0.5, 0.6) is 0 Å². The molecule has 6 heteroatoms. The molecule has 1 N–H and O–H groups in total. The summed E-state index contributed by atoms with van der Waals surface area (Å²) in [6.07, 6.45) is 1.48. The first-order valence-corrected chi connectivity index (χ1v) is 8.36. The first-order chi connectivity index (χ1) is 8.32. The van der Waals surface area contributed by atoms with Crippen LogP contribution < -0.4 is 5.32 Å². The molecule has 18 heavy (non-hydrogen) atoms. The number of hydrogen-bond donors (Lipinski definition) is 1. The summed E-state index contributed by atoms with van der Waals surface area (Å²) in [5.41, 5.74) is -0.447. The number of nitrogens with one attached hydrogen (secondary N) is 1. The summed E-state index contributed by atoms with van der Waals surface area (Å²) in [5.74, 6) is 0.483. The molecule has 0 spiro atoms. The number of rotatable bonds is 1. The molecule has 2 saturated heterocycles. The topological polar surface area (TPSA) is 66.5 Å². The molecule has 1 amide bonds. The number of carbonyl (C=O) groups is 1. The van der Waals surface area contributed by atoms with Gasteiger partial charge in [0.2, 0.25) is 5.91 Å². The predicted molar refractivity (Wildman–Crippen MR) is 70.0 cm³/mol. The minimum absolute atomic E-state index is 0.0783. The first-order valence-electron chi connectivity index (χ1n) is 6.54. The lowest BCUT2D eigenvalue weighted by atomic mass is 9.91. The van der Waals surface area contributed by atoms with Crippen LogP contribution in [0.2, 0.25) is 0 Å². The van der Waals surface area contributed by atoms with Crippen LogP contribution in [-0.2, 0) is 14.6 Å². The molecule has 0 aliphatic carbocycles. The van der Waals surface area contributed by atoms with Gasteiger partial charge in [-0.15, -0.1) is 0 Å². The Hall–Kier alpha value is -0.620. The van der Waals surface area contributed by atoms with Crippen molar-refractivity contribution < 1.29 is 13.2 Å². The van der Waals surface area contributed by atoms with E-state index in [2.05, 4.69) is 5.32 Å². The van der Waals surface area contributed by atoms with Crippen LogP contribution in [0.25, 0.3) is 0 Å². The normalized spacial score (nSPS) is 32.0. The maximum atomic E-state index is 12.5. The summed E-state index contributed by atoms with van der Waals surface area (Å²) in [6.45, 7) is 5.84. The number of sulfone groups is 1. The lowest BCUT2D eigenvalue weighted by molar-refractivity contribution is -0.141. The second-order valence-electron chi connectivity index (χ2n) is 5.97. The lowest BCUT2D eigenvalue weighted by Crippen LogP contribution is -2.51. The van der Waals surface area contributed by atoms with Crippen LogP contribution in [0.4, 0.5) is 0 Å². The summed E-state index contributed by atoms with van der Waals surface area (Å²) in [4.78, 5) is 14.3. The molecule has 0 aromatic rings. The summed E-state index contributed by atoms with van der Waals surface area (Å²) < 4.78 is 23.4. The van der Waals surface area contributed by atoms with Crippen molar-refractivity contribution in [3.63, 3.8) is 0 Å². The van der Waals surface area contributed by atoms with Crippen LogP contribution in [-0.4, -0.2) is 56.4 Å². The molecule has 1 atom stereocenters. The van der Waals surface area contributed by atoms with Gasteiger partial charge in [-0.25, -0.2) is 8.42 Å². The maximum Gasteiger partial charge on any atom is 0.229 e. The van der Waals surface area contributed by atoms with E-state index in [0.29, 0.717) is 19.5 Å². The Morgan fingerprint density at radius 1 is 1.39 bits per heavy atom. The Morgan fingerprint density at radius 2 is 2.11 bits per heavy atom. The van der Waals surface area contributed by atoms with Gasteiger partial charge in [0, 0.05) is 25.7 Å². The van der Waals surface area contributed by atoms with Crippen LogP contribution >= 0.6 is 0 Å². The highest BCUT2D eigenvalue weighted by molar-refractivity contribution is 7.91. The molecule has 0 aromatic carbocycles. The maximum absolute atomic E-state index is 12.5. The quantitative estimate of drug-likeness (QED) is 0.732. The van der Waals surface area contributed by atoms with Crippen molar-refractivity contribution >= 4 is 15.7 Å². The third-order valence-electron chi connectivity index (χ3n) is 3.82. The Kier molecular flexibility index (Phi) is 3.69. The van der Waals surface area contributed by atoms with Gasteiger partial charge in [-0.3, -0.25) is 4.79 Å². The standard InChI is InChI=1S/C12H22N2O3S/c1-12(2)9-13-5-6-14(11(12)15)10-4-3-7-18(16,17)8-10/h10,13H,3-9H2,1-2H3. The summed E-state index contributed by atoms with van der Waals surface area (Å²) in [7, 11) is -2.97. The van der Waals surface area contributed by atoms with Crippen molar-refractivity contribution in [1.82, 2.24) is 10.2 Å². The largest absolute Gasteiger partial charge is 0.337 e. The van der Waals surface area contributed by atoms with Crippen LogP contribution in [0, 0.1) is 5.41 Å². The van der Waals surface area contributed by atoms with E-state index >= 15 is 0 Å². The van der Waals surface area contributed by atoms with Gasteiger partial charge in [-0.1, -0.05) is 0 Å². The van der Waals surface area contributed by atoms with Crippen LogP contribution in [0.15, 0.2) is 0 Å². The highest BCUT2D eigenvalue weighted by Gasteiger charge is 2.39. The predicted octanol–water partition coefficient (Wildman–Crippen LogP) is 0.0216. The van der Waals surface area contributed by atoms with Crippen LogP contribution in [0.3, 0.4) is 0 Å². The molecule has 5 nitrogen and oxygen atoms in total. The van der Waals surface area contributed by atoms with Crippen molar-refractivity contribution in [3.05, 3.63) is 0 Å². The molecule has 0 saturated carbocycles. The molecule has 0 radical (unpaired) electrons. The van der Waals surface area contributed by atoms with E-state index < -0.39 is 15.3 Å². The van der Waals surface area contributed by atoms with Crippen molar-refractivity contribution in [3.8, 4) is 0 Å². The fourth-order valence-corrected chi connectivity index (χ4v) is 4.47. The highest BCUT2D eigenvalue weighted by atomic mass is 32.2. The van der Waals surface area contributed by atoms with Crippen molar-refractivity contribution in [2.24, 2.45) is 5.41 Å². The SMILES string of the molecule is CC1(C)CNCCN(C2CCCS(=O)(=O)C2)C1=O. The average Bonchev–Trinajstić information content (AvgIpc) is 2.38. The third kappa shape index (κ3) is 2.85. The second-order valence-corrected chi connectivity index (χ2v) is 8.20. The number of nitrogens with zero attached hydrogens (tertiary/aromatic N) is 1. The Morgan fingerprint density at radius 3 is 2.78 bits per heavy atom. The zero-order chi connectivity index (χ0) is 13.4. The first kappa shape index (κ1) is 13.8. The molecule has 2 aliphatic rings. The van der Waals surface area contributed by atoms with E-state index in [0.717, 1.165) is 13.0 Å². The van der Waals surface area contributed by atoms with E-state index in [1.54, 1.807) is 4.90 Å². The monoisotopic (exact) mass is 274 g/mol. The van der Waals surface area contributed by atoms with Gasteiger partial charge in [-0.2, -0.15) is 0 Å². The molecule has 1 unspecified atom stereocenters. The van der Waals surface area contributed by atoms with E-state index in [1.807, 2.05) is 13.8 Å². The van der Waals surface area contributed by atoms with Gasteiger partial charge in [0.05, 0.1) is 16.9 Å². The molecular weight excluding hydrogens is 252 g/mol. The van der Waals surface area contributed by atoms with E-state index in [4.69, 9.17) is 0 Å². The zero-order valence-corrected chi connectivity index (χ0v) is 11.9. The minimum Gasteiger partial charge on any atom is -0.337 e. The van der Waals surface area contributed by atoms with Crippen molar-refractivity contribution in [2.75, 3.05) is 31.1 Å². The Bertz CT molecular complexity index is 431. The lowest BCUT2D eigenvalue weighted by Gasteiger charge is -2.36. The molecule has 104 valence electrons. The molecule has 2 rings (SSSR count). The molecule has 0 bridgehead atoms. The number of carbonyl (C=O) groups excluding carboxylic acids is 1. The molecule has 2 fully saturated rings. The third-order valence-corrected chi connectivity index (χ3v) is 5.62. The fourth-order valence-electron chi connectivity index (χ4n) is 2.76. The summed E-state index contributed by atoms with van der Waals surface area (Å²) >= 11 is 0. The Labute approximate surface area is 109 Å².